The van der Waals surface area contributed by atoms with Crippen LogP contribution in [-0.2, 0) is 62.4 Å². The van der Waals surface area contributed by atoms with E-state index in [9.17, 15) is 73.4 Å². The quantitative estimate of drug-likeness (QED) is 0.0286. The number of benzene rings is 9. The van der Waals surface area contributed by atoms with Crippen molar-refractivity contribution in [3.8, 4) is 50.6 Å². The topological polar surface area (TPSA) is 280 Å². The summed E-state index contributed by atoms with van der Waals surface area (Å²) in [6.45, 7) is 1.35. The number of nitrogens with one attached hydrogen (secondary N) is 2. The SMILES string of the molecule is COC(=O)[C@@H](N)Cc1ccc(-c2c(Cl)cc(F)cc2Cl)c2c1OCCC2.COC(=O)[C@H](Cc1ccc(-c2c(Cl)cc(F)cc2Cl)c2c1OCCC2)NC(=O)c1c(F)cccc1F.O.O=C(Cl)c1c(F)cccc1F.O=C(N[C@@H](Cc1ccc(-c2c(Cl)cc(F)cc2Cl)c2c1OCCC2)C(=O)O)c1c(F)cccc1F.[Li+].[OH-]. The van der Waals surface area contributed by atoms with Crippen LogP contribution in [0.15, 0.2) is 127 Å². The molecule has 0 radical (unpaired) electrons. The first kappa shape index (κ1) is 91.2. The maximum atomic E-state index is 14.1. The van der Waals surface area contributed by atoms with Crippen LogP contribution in [0, 0.1) is 52.4 Å². The fourth-order valence-corrected chi connectivity index (χ4v) is 14.4. The van der Waals surface area contributed by atoms with Crippen molar-refractivity contribution in [3.05, 3.63) is 260 Å². The molecule has 3 heterocycles. The number of rotatable bonds is 17. The summed E-state index contributed by atoms with van der Waals surface area (Å²) in [5.74, 6) is -11.3. The van der Waals surface area contributed by atoms with Crippen molar-refractivity contribution in [1.29, 1.82) is 0 Å². The summed E-state index contributed by atoms with van der Waals surface area (Å²) >= 11 is 42.5. The standard InChI is InChI=1S/C26H20Cl2F3NO4.C25H18Cl2F3NO4.C19H18Cl2FNO3.C7H3ClF2O.Li.2H2O/c1-35-26(34)21(32-25(33)23-19(30)5-2-6-20(23)31)10-13-7-8-15(16-4-3-9-36-24(13)16)22-17(27)11-14(29)12-18(22)28;26-16-10-13(28)11-17(27)21(16)14-7-6-12(23-15(14)3-2-8-35-23)9-20(25(33)34)31-24(32)22-18(29)4-1-5-19(22)30;1-25-19(24)16(23)7-10-4-5-12(13-3-2-6-26-18(10)13)17-14(20)8-11(22)9-15(17)21;8-7(11)6-4(9)2-1-3-5(6)10;;;/h2,5-8,11-12,21H,3-4,9-10H2,1H3,(H,32,33);1,4-7,10-11,20H,2-3,8-9H2,(H,31,32)(H,33,34);4-5,8-9,16H,2-3,6-7,23H2,1H3;1-3H;;2*1H2/q;;;;+1;;/p-1/t21-;20-;16-;;;;/m000..../s1. The molecule has 3 atom stereocenters. The molecule has 3 aliphatic heterocycles. The van der Waals surface area contributed by atoms with Crippen LogP contribution in [-0.4, -0.2) is 103 Å². The summed E-state index contributed by atoms with van der Waals surface area (Å²) in [5, 5.41) is 14.1. The van der Waals surface area contributed by atoms with Gasteiger partial charge in [0, 0.05) is 52.6 Å². The smallest absolute Gasteiger partial charge is 0.870 e. The number of carbonyl (C=O) groups is 6. The maximum Gasteiger partial charge on any atom is 1.00 e. The number of fused-ring (bicyclic) bond motifs is 3. The second-order valence-corrected chi connectivity index (χ2v) is 26.8. The third-order valence-corrected chi connectivity index (χ3v) is 19.0. The molecular formula is C77H62Cl7F9LiN3O14. The van der Waals surface area contributed by atoms with Crippen molar-refractivity contribution in [2.24, 2.45) is 5.73 Å². The zero-order chi connectivity index (χ0) is 78.5. The first-order chi connectivity index (χ1) is 51.4. The third-order valence-electron chi connectivity index (χ3n) is 17.0. The molecule has 0 spiro atoms. The molecule has 12 rings (SSSR count). The molecule has 0 saturated heterocycles. The van der Waals surface area contributed by atoms with E-state index in [2.05, 4.69) is 15.4 Å². The van der Waals surface area contributed by atoms with E-state index >= 15 is 0 Å². The number of nitrogens with two attached hydrogens (primary N) is 1. The number of halogens is 16. The monoisotopic (exact) mass is 1680 g/mol. The predicted octanol–water partition coefficient (Wildman–Crippen LogP) is 14.3. The third kappa shape index (κ3) is 21.9. The fraction of sp³-hybridized carbons (Fsp3) is 0.221. The van der Waals surface area contributed by atoms with E-state index in [0.29, 0.717) is 114 Å². The molecule has 111 heavy (non-hydrogen) atoms. The Kier molecular flexibility index (Phi) is 33.8. The van der Waals surface area contributed by atoms with Crippen LogP contribution >= 0.6 is 81.2 Å². The molecule has 0 aromatic heterocycles. The molecule has 582 valence electrons. The van der Waals surface area contributed by atoms with Crippen molar-refractivity contribution < 1.29 is 127 Å². The van der Waals surface area contributed by atoms with Crippen molar-refractivity contribution in [3.63, 3.8) is 0 Å². The minimum absolute atomic E-state index is 0. The van der Waals surface area contributed by atoms with Crippen LogP contribution in [0.3, 0.4) is 0 Å². The van der Waals surface area contributed by atoms with E-state index in [1.54, 1.807) is 24.3 Å². The molecule has 0 fully saturated rings. The van der Waals surface area contributed by atoms with E-state index in [-0.39, 0.29) is 72.8 Å². The number of carboxylic acids is 1. The number of carbonyl (C=O) groups excluding carboxylic acids is 5. The Balaban J connectivity index is 0.000000242. The average molecular weight is 1680 g/mol. The summed E-state index contributed by atoms with van der Waals surface area (Å²) in [6, 6.07) is 22.9. The Bertz CT molecular complexity index is 4870. The van der Waals surface area contributed by atoms with Gasteiger partial charge in [0.2, 0.25) is 0 Å². The van der Waals surface area contributed by atoms with Gasteiger partial charge in [-0.2, -0.15) is 0 Å². The van der Waals surface area contributed by atoms with Gasteiger partial charge >= 0.3 is 36.8 Å². The molecule has 3 aliphatic rings. The van der Waals surface area contributed by atoms with E-state index < -0.39 is 122 Å². The van der Waals surface area contributed by atoms with Crippen molar-refractivity contribution >= 4 is 116 Å². The first-order valence-electron chi connectivity index (χ1n) is 32.5. The molecule has 0 saturated carbocycles. The number of carboxylic acid groups (broad SMARTS) is 1. The minimum Gasteiger partial charge on any atom is -0.870 e. The van der Waals surface area contributed by atoms with Crippen LogP contribution in [0.1, 0.15) is 83.7 Å². The Hall–Kier alpha value is -8.72. The van der Waals surface area contributed by atoms with Crippen molar-refractivity contribution in [1.82, 2.24) is 10.6 Å². The van der Waals surface area contributed by atoms with Gasteiger partial charge in [-0.25, -0.2) is 49.1 Å². The van der Waals surface area contributed by atoms with Gasteiger partial charge in [0.1, 0.15) is 104 Å². The van der Waals surface area contributed by atoms with Gasteiger partial charge in [-0.15, -0.1) is 0 Å². The van der Waals surface area contributed by atoms with Gasteiger partial charge in [-0.05, 0) is 156 Å². The van der Waals surface area contributed by atoms with Crippen LogP contribution < -0.4 is 49.4 Å². The number of ether oxygens (including phenoxy) is 5. The molecule has 9 aromatic carbocycles. The van der Waals surface area contributed by atoms with Gasteiger partial charge in [-0.1, -0.05) is 124 Å². The summed E-state index contributed by atoms with van der Waals surface area (Å²) in [5.41, 5.74) is 11.2. The Labute approximate surface area is 675 Å². The van der Waals surface area contributed by atoms with E-state index in [1.165, 1.54) is 19.2 Å². The zero-order valence-corrected chi connectivity index (χ0v) is 63.6. The van der Waals surface area contributed by atoms with Crippen LogP contribution in [0.2, 0.25) is 30.1 Å². The second-order valence-electron chi connectivity index (χ2n) is 24.0. The zero-order valence-electron chi connectivity index (χ0n) is 58.4. The number of esters is 2. The summed E-state index contributed by atoms with van der Waals surface area (Å²) < 4.78 is 149. The van der Waals surface area contributed by atoms with Crippen molar-refractivity contribution in [2.75, 3.05) is 34.0 Å². The number of aliphatic carboxylic acids is 1. The Morgan fingerprint density at radius 1 is 0.450 bits per heavy atom. The second kappa shape index (κ2) is 41.2. The molecule has 8 N–H and O–H groups in total. The summed E-state index contributed by atoms with van der Waals surface area (Å²) in [7, 11) is 2.44. The van der Waals surface area contributed by atoms with Gasteiger partial charge in [0.15, 0.2) is 0 Å². The van der Waals surface area contributed by atoms with Gasteiger partial charge in [0.25, 0.3) is 17.1 Å². The van der Waals surface area contributed by atoms with Gasteiger partial charge < -0.3 is 56.1 Å². The predicted molar refractivity (Wildman–Crippen MR) is 395 cm³/mol. The fourth-order valence-electron chi connectivity index (χ4n) is 12.2. The average Bonchev–Trinajstić information content (AvgIpc) is 0.779. The molecule has 17 nitrogen and oxygen atoms in total. The Morgan fingerprint density at radius 2 is 0.730 bits per heavy atom. The molecular weight excluding hydrogens is 1620 g/mol. The van der Waals surface area contributed by atoms with E-state index in [0.717, 1.165) is 121 Å². The molecule has 9 aromatic rings. The number of hydrogen-bond acceptors (Lipinski definition) is 13. The van der Waals surface area contributed by atoms with Crippen LogP contribution in [0.4, 0.5) is 39.5 Å². The van der Waals surface area contributed by atoms with Crippen LogP contribution in [0.25, 0.3) is 33.4 Å². The Morgan fingerprint density at radius 3 is 1.01 bits per heavy atom. The summed E-state index contributed by atoms with van der Waals surface area (Å²) in [4.78, 5) is 71.5. The molecule has 2 amide bonds. The normalized spacial score (nSPS) is 12.9. The minimum atomic E-state index is -1.50. The first-order valence-corrected chi connectivity index (χ1v) is 35.1. The number of amides is 2. The number of hydrogen-bond donors (Lipinski definition) is 4. The van der Waals surface area contributed by atoms with Crippen LogP contribution in [0.5, 0.6) is 17.2 Å². The van der Waals surface area contributed by atoms with E-state index in [4.69, 9.17) is 106 Å². The maximum absolute atomic E-state index is 14.1. The molecule has 34 heteroatoms. The van der Waals surface area contributed by atoms with Gasteiger partial charge in [0.05, 0.1) is 64.2 Å². The number of methoxy groups -OCH3 is 2. The summed E-state index contributed by atoms with van der Waals surface area (Å²) in [6.07, 6.45) is 4.12. The molecule has 0 unspecified atom stereocenters. The molecule has 0 aliphatic carbocycles. The van der Waals surface area contributed by atoms with Crippen molar-refractivity contribution in [2.45, 2.75) is 75.9 Å². The van der Waals surface area contributed by atoms with E-state index in [1.807, 2.05) is 12.1 Å². The largest absolute Gasteiger partial charge is 1.00 e. The molecule has 0 bridgehead atoms. The van der Waals surface area contributed by atoms with Gasteiger partial charge in [-0.3, -0.25) is 19.2 Å².